The van der Waals surface area contributed by atoms with E-state index in [4.69, 9.17) is 15.7 Å². The summed E-state index contributed by atoms with van der Waals surface area (Å²) < 4.78 is 0. The molecule has 0 amide bonds. The Morgan fingerprint density at radius 3 is 2.47 bits per heavy atom. The van der Waals surface area contributed by atoms with Crippen LogP contribution >= 0.6 is 0 Å². The lowest BCUT2D eigenvalue weighted by Gasteiger charge is -2.35. The molecule has 204 valence electrons. The first-order valence-electron chi connectivity index (χ1n) is 13.4. The largest absolute Gasteiger partial charge is 0.350 e. The highest BCUT2D eigenvalue weighted by atomic mass is 15.3. The summed E-state index contributed by atoms with van der Waals surface area (Å²) in [6.45, 7) is 10.7. The molecule has 0 saturated carbocycles. The van der Waals surface area contributed by atoms with Crippen LogP contribution in [0.2, 0.25) is 0 Å². The topological polar surface area (TPSA) is 64.2 Å². The second-order valence-corrected chi connectivity index (χ2v) is 9.98. The van der Waals surface area contributed by atoms with Crippen LogP contribution in [0.3, 0.4) is 0 Å². The molecule has 1 heterocycles. The van der Waals surface area contributed by atoms with E-state index in [1.54, 1.807) is 0 Å². The van der Waals surface area contributed by atoms with E-state index in [1.807, 2.05) is 50.7 Å². The van der Waals surface area contributed by atoms with E-state index in [1.165, 1.54) is 17.7 Å². The van der Waals surface area contributed by atoms with Crippen LogP contribution in [0.5, 0.6) is 0 Å². The molecular formula is C29H53N7. The number of nitrogens with two attached hydrogens (primary N) is 1. The Bertz CT molecular complexity index is 814. The Morgan fingerprint density at radius 1 is 1.19 bits per heavy atom. The second-order valence-electron chi connectivity index (χ2n) is 9.98. The van der Waals surface area contributed by atoms with E-state index in [0.29, 0.717) is 18.6 Å². The maximum atomic E-state index is 5.87. The highest BCUT2D eigenvalue weighted by Gasteiger charge is 2.25. The van der Waals surface area contributed by atoms with Gasteiger partial charge in [0.1, 0.15) is 0 Å². The quantitative estimate of drug-likeness (QED) is 0.199. The summed E-state index contributed by atoms with van der Waals surface area (Å²) in [7, 11) is 10.7. The zero-order valence-corrected chi connectivity index (χ0v) is 24.5. The predicted molar refractivity (Wildman–Crippen MR) is 156 cm³/mol. The third-order valence-corrected chi connectivity index (χ3v) is 7.13. The van der Waals surface area contributed by atoms with Crippen molar-refractivity contribution in [1.29, 1.82) is 0 Å². The molecule has 2 N–H and O–H groups in total. The standard InChI is InChI=1S/C25H45N7.C4H8/c1-8-23(29(3)4)18-30(5)20(2)32(7)19-28-22(14-15-26)17-31(6)24-13-9-11-21-12-10-16-27-25(21)24;1-3-4-2/h10,12,14,16,19-20,23-24H,8-9,11,13,15,17-18,26H2,1-7H3;3-4H,1-2H3/b22-14+,28-19?;4-3-/t20?,23?,24-;/m0./s1. The normalized spacial score (nSPS) is 18.0. The zero-order chi connectivity index (χ0) is 27.1. The molecule has 0 bridgehead atoms. The van der Waals surface area contributed by atoms with Crippen molar-refractivity contribution in [2.45, 2.75) is 71.6 Å². The fourth-order valence-electron chi connectivity index (χ4n) is 4.39. The average Bonchev–Trinajstić information content (AvgIpc) is 2.89. The van der Waals surface area contributed by atoms with E-state index in [-0.39, 0.29) is 6.17 Å². The molecule has 36 heavy (non-hydrogen) atoms. The minimum Gasteiger partial charge on any atom is -0.350 e. The number of hydrogen-bond acceptors (Lipinski definition) is 6. The molecule has 0 aromatic carbocycles. The van der Waals surface area contributed by atoms with Gasteiger partial charge in [0.25, 0.3) is 0 Å². The Labute approximate surface area is 221 Å². The van der Waals surface area contributed by atoms with Crippen LogP contribution in [0.15, 0.2) is 47.2 Å². The number of pyridine rings is 1. The van der Waals surface area contributed by atoms with Gasteiger partial charge in [-0.15, -0.1) is 0 Å². The van der Waals surface area contributed by atoms with Crippen LogP contribution in [-0.4, -0.2) is 98.0 Å². The van der Waals surface area contributed by atoms with Crippen molar-refractivity contribution in [3.05, 3.63) is 53.5 Å². The van der Waals surface area contributed by atoms with Gasteiger partial charge >= 0.3 is 0 Å². The van der Waals surface area contributed by atoms with Gasteiger partial charge in [-0.1, -0.05) is 25.1 Å². The van der Waals surface area contributed by atoms with E-state index in [2.05, 4.69) is 74.8 Å². The molecule has 1 aromatic rings. The van der Waals surface area contributed by atoms with Crippen molar-refractivity contribution in [2.24, 2.45) is 10.7 Å². The van der Waals surface area contributed by atoms with Crippen molar-refractivity contribution in [3.8, 4) is 0 Å². The summed E-state index contributed by atoms with van der Waals surface area (Å²) in [6, 6.07) is 5.13. The molecule has 7 heteroatoms. The minimum atomic E-state index is 0.249. The third-order valence-electron chi connectivity index (χ3n) is 7.13. The van der Waals surface area contributed by atoms with Crippen LogP contribution in [0.25, 0.3) is 0 Å². The molecule has 1 aliphatic carbocycles. The highest BCUT2D eigenvalue weighted by molar-refractivity contribution is 5.56. The summed E-state index contributed by atoms with van der Waals surface area (Å²) >= 11 is 0. The first-order chi connectivity index (χ1) is 17.2. The van der Waals surface area contributed by atoms with Gasteiger partial charge in [0.05, 0.1) is 29.9 Å². The summed E-state index contributed by atoms with van der Waals surface area (Å²) in [5.41, 5.74) is 9.46. The maximum Gasteiger partial charge on any atom is 0.0918 e. The monoisotopic (exact) mass is 499 g/mol. The number of aliphatic imine (C=N–C) groups is 1. The fraction of sp³-hybridized carbons (Fsp3) is 0.655. The smallest absolute Gasteiger partial charge is 0.0918 e. The van der Waals surface area contributed by atoms with Gasteiger partial charge in [-0.25, -0.2) is 4.99 Å². The van der Waals surface area contributed by atoms with Crippen LogP contribution in [-0.2, 0) is 6.42 Å². The number of likely N-dealkylation sites (N-methyl/N-ethyl adjacent to an activating group) is 3. The Balaban J connectivity index is 0.00000150. The first-order valence-corrected chi connectivity index (χ1v) is 13.4. The molecular weight excluding hydrogens is 446 g/mol. The van der Waals surface area contributed by atoms with Gasteiger partial charge in [0.15, 0.2) is 0 Å². The maximum absolute atomic E-state index is 5.87. The summed E-state index contributed by atoms with van der Waals surface area (Å²) in [5.74, 6) is 0. The van der Waals surface area contributed by atoms with Gasteiger partial charge in [-0.2, -0.15) is 0 Å². The van der Waals surface area contributed by atoms with E-state index in [9.17, 15) is 0 Å². The molecule has 2 rings (SSSR count). The van der Waals surface area contributed by atoms with Gasteiger partial charge in [-0.05, 0) is 92.4 Å². The van der Waals surface area contributed by atoms with Crippen LogP contribution in [0, 0.1) is 0 Å². The van der Waals surface area contributed by atoms with E-state index in [0.717, 1.165) is 38.0 Å². The fourth-order valence-corrected chi connectivity index (χ4v) is 4.39. The van der Waals surface area contributed by atoms with Crippen molar-refractivity contribution < 1.29 is 0 Å². The number of allylic oxidation sites excluding steroid dienone is 2. The molecule has 0 aliphatic heterocycles. The minimum absolute atomic E-state index is 0.249. The lowest BCUT2D eigenvalue weighted by Crippen LogP contribution is -2.47. The number of aromatic nitrogens is 1. The average molecular weight is 500 g/mol. The number of rotatable bonds is 12. The van der Waals surface area contributed by atoms with Crippen molar-refractivity contribution in [2.75, 3.05) is 54.9 Å². The molecule has 0 spiro atoms. The molecule has 0 radical (unpaired) electrons. The number of nitrogens with zero attached hydrogens (tertiary/aromatic N) is 6. The summed E-state index contributed by atoms with van der Waals surface area (Å²) in [4.78, 5) is 18.7. The number of aryl methyl sites for hydroxylation is 1. The molecule has 7 nitrogen and oxygen atoms in total. The molecule has 3 atom stereocenters. The Morgan fingerprint density at radius 2 is 1.89 bits per heavy atom. The zero-order valence-electron chi connectivity index (χ0n) is 24.5. The molecule has 1 aliphatic rings. The Kier molecular flexibility index (Phi) is 15.5. The van der Waals surface area contributed by atoms with Crippen molar-refractivity contribution >= 4 is 6.34 Å². The lowest BCUT2D eigenvalue weighted by molar-refractivity contribution is 0.115. The van der Waals surface area contributed by atoms with Crippen molar-refractivity contribution in [3.63, 3.8) is 0 Å². The van der Waals surface area contributed by atoms with Crippen molar-refractivity contribution in [1.82, 2.24) is 24.6 Å². The predicted octanol–water partition coefficient (Wildman–Crippen LogP) is 4.39. The molecule has 0 saturated heterocycles. The molecule has 1 aromatic heterocycles. The number of fused-ring (bicyclic) bond motifs is 1. The van der Waals surface area contributed by atoms with Crippen LogP contribution in [0.4, 0.5) is 0 Å². The van der Waals surface area contributed by atoms with Gasteiger partial charge < -0.3 is 15.5 Å². The highest BCUT2D eigenvalue weighted by Crippen LogP contribution is 2.32. The third kappa shape index (κ3) is 10.5. The summed E-state index contributed by atoms with van der Waals surface area (Å²) in [6.07, 6.45) is 14.7. The van der Waals surface area contributed by atoms with Gasteiger partial charge in [0.2, 0.25) is 0 Å². The van der Waals surface area contributed by atoms with Crippen LogP contribution in [0.1, 0.15) is 64.3 Å². The second kappa shape index (κ2) is 17.4. The lowest BCUT2D eigenvalue weighted by atomic mass is 9.91. The van der Waals surface area contributed by atoms with Crippen LogP contribution < -0.4 is 5.73 Å². The van der Waals surface area contributed by atoms with E-state index < -0.39 is 0 Å². The van der Waals surface area contributed by atoms with E-state index >= 15 is 0 Å². The van der Waals surface area contributed by atoms with Gasteiger partial charge in [0, 0.05) is 38.9 Å². The molecule has 0 fully saturated rings. The SMILES string of the molecule is C/C=C\C.CCC(CN(C)C(C)N(C)C=N/C(=C/CN)CN(C)[C@H]1CCCc2cccnc21)N(C)C. The van der Waals surface area contributed by atoms with Gasteiger partial charge in [-0.3, -0.25) is 14.8 Å². The Hall–Kier alpha value is -2.06. The molecule has 2 unspecified atom stereocenters. The first kappa shape index (κ1) is 32.0. The number of hydrogen-bond donors (Lipinski definition) is 1. The summed E-state index contributed by atoms with van der Waals surface area (Å²) in [5, 5.41) is 0.